The molecule has 0 spiro atoms. The first-order chi connectivity index (χ1) is 15.4. The van der Waals surface area contributed by atoms with E-state index in [1.165, 1.54) is 6.42 Å². The Morgan fingerprint density at radius 3 is 2.41 bits per heavy atom. The summed E-state index contributed by atoms with van der Waals surface area (Å²) in [5.41, 5.74) is 2.20. The standard InChI is InChI=1S/C26H27N3O3/c1-16-3-2-4-21(27-16)24(31)29-26-13-17-9-18(14-26)12-25(11-17,15-26)28-23(30)20-5-6-22-19(10-20)7-8-32-22/h2-8,10,17-18H,9,11-15H2,1H3,(H,28,30)(H,29,31). The van der Waals surface area contributed by atoms with E-state index >= 15 is 0 Å². The maximum absolute atomic E-state index is 13.2. The molecule has 3 aromatic rings. The third-order valence-electron chi connectivity index (χ3n) is 7.65. The summed E-state index contributed by atoms with van der Waals surface area (Å²) in [6.07, 6.45) is 7.57. The second-order valence-corrected chi connectivity index (χ2v) is 10.3. The molecule has 7 rings (SSSR count). The van der Waals surface area contributed by atoms with Crippen molar-refractivity contribution in [3.05, 3.63) is 65.7 Å². The molecule has 4 saturated carbocycles. The highest BCUT2D eigenvalue weighted by atomic mass is 16.3. The summed E-state index contributed by atoms with van der Waals surface area (Å²) in [6, 6.07) is 13.0. The van der Waals surface area contributed by atoms with Gasteiger partial charge in [-0.3, -0.25) is 9.59 Å². The summed E-state index contributed by atoms with van der Waals surface area (Å²) in [5.74, 6) is 0.900. The number of hydrogen-bond acceptors (Lipinski definition) is 4. The highest BCUT2D eigenvalue weighted by molar-refractivity contribution is 5.98. The van der Waals surface area contributed by atoms with E-state index in [9.17, 15) is 9.59 Å². The lowest BCUT2D eigenvalue weighted by Gasteiger charge is -2.62. The van der Waals surface area contributed by atoms with Gasteiger partial charge in [0.05, 0.1) is 6.26 Å². The van der Waals surface area contributed by atoms with Crippen molar-refractivity contribution in [3.8, 4) is 0 Å². The Morgan fingerprint density at radius 1 is 0.969 bits per heavy atom. The Labute approximate surface area is 186 Å². The van der Waals surface area contributed by atoms with E-state index in [0.717, 1.165) is 48.8 Å². The molecular formula is C26H27N3O3. The number of aryl methyl sites for hydroxylation is 1. The molecule has 2 N–H and O–H groups in total. The molecule has 1 aromatic carbocycles. The van der Waals surface area contributed by atoms with Gasteiger partial charge in [-0.05, 0) is 93.7 Å². The van der Waals surface area contributed by atoms with Gasteiger partial charge in [0.25, 0.3) is 11.8 Å². The Morgan fingerprint density at radius 2 is 1.69 bits per heavy atom. The van der Waals surface area contributed by atoms with Crippen LogP contribution in [-0.4, -0.2) is 27.9 Å². The summed E-state index contributed by atoms with van der Waals surface area (Å²) in [5, 5.41) is 7.70. The number of amides is 2. The lowest BCUT2D eigenvalue weighted by molar-refractivity contribution is -0.0448. The van der Waals surface area contributed by atoms with E-state index in [-0.39, 0.29) is 22.9 Å². The number of fused-ring (bicyclic) bond motifs is 1. The topological polar surface area (TPSA) is 84.2 Å². The number of nitrogens with one attached hydrogen (secondary N) is 2. The van der Waals surface area contributed by atoms with E-state index in [2.05, 4.69) is 15.6 Å². The van der Waals surface area contributed by atoms with Gasteiger partial charge in [-0.2, -0.15) is 0 Å². The predicted molar refractivity (Wildman–Crippen MR) is 120 cm³/mol. The van der Waals surface area contributed by atoms with Crippen LogP contribution in [0.3, 0.4) is 0 Å². The van der Waals surface area contributed by atoms with E-state index in [1.54, 1.807) is 12.3 Å². The second kappa shape index (κ2) is 6.92. The van der Waals surface area contributed by atoms with Gasteiger partial charge in [-0.1, -0.05) is 6.07 Å². The molecule has 2 aromatic heterocycles. The highest BCUT2D eigenvalue weighted by Crippen LogP contribution is 2.57. The molecule has 6 heteroatoms. The molecule has 0 aliphatic heterocycles. The molecule has 4 aliphatic carbocycles. The van der Waals surface area contributed by atoms with Crippen molar-refractivity contribution in [1.29, 1.82) is 0 Å². The van der Waals surface area contributed by atoms with Gasteiger partial charge in [0, 0.05) is 27.7 Å². The first-order valence-electron chi connectivity index (χ1n) is 11.5. The normalized spacial score (nSPS) is 30.4. The number of benzene rings is 1. The molecule has 2 unspecified atom stereocenters. The van der Waals surface area contributed by atoms with Crippen molar-refractivity contribution < 1.29 is 14.0 Å². The first-order valence-corrected chi connectivity index (χ1v) is 11.5. The molecule has 32 heavy (non-hydrogen) atoms. The van der Waals surface area contributed by atoms with Gasteiger partial charge in [0.2, 0.25) is 0 Å². The summed E-state index contributed by atoms with van der Waals surface area (Å²) in [4.78, 5) is 30.7. The van der Waals surface area contributed by atoms with Crippen molar-refractivity contribution in [2.45, 2.75) is 56.5 Å². The van der Waals surface area contributed by atoms with Crippen LogP contribution in [0.1, 0.15) is 65.1 Å². The molecule has 6 nitrogen and oxygen atoms in total. The Hall–Kier alpha value is -3.15. The molecule has 0 saturated heterocycles. The van der Waals surface area contributed by atoms with E-state index in [1.807, 2.05) is 43.3 Å². The van der Waals surface area contributed by atoms with Crippen LogP contribution in [0.2, 0.25) is 0 Å². The van der Waals surface area contributed by atoms with Crippen LogP contribution in [0.25, 0.3) is 11.0 Å². The fourth-order valence-electron chi connectivity index (χ4n) is 6.95. The maximum atomic E-state index is 13.2. The summed E-state index contributed by atoms with van der Waals surface area (Å²) < 4.78 is 5.40. The van der Waals surface area contributed by atoms with Crippen LogP contribution in [-0.2, 0) is 0 Å². The zero-order chi connectivity index (χ0) is 21.9. The van der Waals surface area contributed by atoms with Crippen LogP contribution < -0.4 is 10.6 Å². The Balaban J connectivity index is 1.25. The summed E-state index contributed by atoms with van der Waals surface area (Å²) in [6.45, 7) is 1.90. The fraction of sp³-hybridized carbons (Fsp3) is 0.423. The van der Waals surface area contributed by atoms with Gasteiger partial charge < -0.3 is 15.1 Å². The van der Waals surface area contributed by atoms with Gasteiger partial charge in [-0.15, -0.1) is 0 Å². The van der Waals surface area contributed by atoms with E-state index in [0.29, 0.717) is 23.1 Å². The first kappa shape index (κ1) is 19.5. The fourth-order valence-corrected chi connectivity index (χ4v) is 6.95. The highest BCUT2D eigenvalue weighted by Gasteiger charge is 2.58. The van der Waals surface area contributed by atoms with E-state index in [4.69, 9.17) is 4.42 Å². The molecule has 164 valence electrons. The number of furan rings is 1. The summed E-state index contributed by atoms with van der Waals surface area (Å²) in [7, 11) is 0. The monoisotopic (exact) mass is 429 g/mol. The van der Waals surface area contributed by atoms with Crippen molar-refractivity contribution in [3.63, 3.8) is 0 Å². The lowest BCUT2D eigenvalue weighted by atomic mass is 9.49. The zero-order valence-electron chi connectivity index (χ0n) is 18.2. The van der Waals surface area contributed by atoms with Crippen LogP contribution in [0.5, 0.6) is 0 Å². The Bertz CT molecular complexity index is 1220. The predicted octanol–water partition coefficient (Wildman–Crippen LogP) is 4.39. The maximum Gasteiger partial charge on any atom is 0.270 e. The minimum atomic E-state index is -0.269. The SMILES string of the molecule is Cc1cccc(C(=O)NC23CC4CC(CC(NC(=O)c5ccc6occc6c5)(C4)C2)C3)n1. The largest absolute Gasteiger partial charge is 0.464 e. The van der Waals surface area contributed by atoms with Gasteiger partial charge in [-0.25, -0.2) is 4.98 Å². The van der Waals surface area contributed by atoms with Crippen LogP contribution in [0.4, 0.5) is 0 Å². The summed E-state index contributed by atoms with van der Waals surface area (Å²) >= 11 is 0. The lowest BCUT2D eigenvalue weighted by Crippen LogP contribution is -2.69. The third kappa shape index (κ3) is 3.29. The van der Waals surface area contributed by atoms with Crippen molar-refractivity contribution in [2.24, 2.45) is 11.8 Å². The van der Waals surface area contributed by atoms with Crippen molar-refractivity contribution in [2.75, 3.05) is 0 Å². The molecule has 2 atom stereocenters. The quantitative estimate of drug-likeness (QED) is 0.644. The molecule has 4 fully saturated rings. The molecule has 2 amide bonds. The number of pyridine rings is 1. The number of nitrogens with zero attached hydrogens (tertiary/aromatic N) is 1. The number of carbonyl (C=O) groups excluding carboxylic acids is 2. The third-order valence-corrected chi connectivity index (χ3v) is 7.65. The number of rotatable bonds is 4. The number of carbonyl (C=O) groups is 2. The zero-order valence-corrected chi connectivity index (χ0v) is 18.2. The average Bonchev–Trinajstić information content (AvgIpc) is 3.20. The molecule has 2 heterocycles. The van der Waals surface area contributed by atoms with Crippen LogP contribution in [0.15, 0.2) is 53.1 Å². The minimum Gasteiger partial charge on any atom is -0.464 e. The average molecular weight is 430 g/mol. The molecular weight excluding hydrogens is 402 g/mol. The second-order valence-electron chi connectivity index (χ2n) is 10.3. The molecule has 0 radical (unpaired) electrons. The van der Waals surface area contributed by atoms with Gasteiger partial charge in [0.15, 0.2) is 0 Å². The molecule has 4 bridgehead atoms. The van der Waals surface area contributed by atoms with Crippen molar-refractivity contribution in [1.82, 2.24) is 15.6 Å². The van der Waals surface area contributed by atoms with E-state index < -0.39 is 0 Å². The van der Waals surface area contributed by atoms with Gasteiger partial charge >= 0.3 is 0 Å². The van der Waals surface area contributed by atoms with Gasteiger partial charge in [0.1, 0.15) is 11.3 Å². The van der Waals surface area contributed by atoms with Crippen LogP contribution in [0, 0.1) is 18.8 Å². The number of aromatic nitrogens is 1. The number of hydrogen-bond donors (Lipinski definition) is 2. The smallest absolute Gasteiger partial charge is 0.270 e. The van der Waals surface area contributed by atoms with Crippen LogP contribution >= 0.6 is 0 Å². The minimum absolute atomic E-state index is 0.0446. The van der Waals surface area contributed by atoms with Crippen molar-refractivity contribution >= 4 is 22.8 Å². The Kier molecular flexibility index (Phi) is 4.23. The molecule has 4 aliphatic rings.